The third-order valence-corrected chi connectivity index (χ3v) is 5.26. The van der Waals surface area contributed by atoms with Gasteiger partial charge < -0.3 is 15.1 Å². The molecule has 2 amide bonds. The number of hydrogen-bond acceptors (Lipinski definition) is 4. The number of amides is 2. The summed E-state index contributed by atoms with van der Waals surface area (Å²) in [6.07, 6.45) is 5.81. The summed E-state index contributed by atoms with van der Waals surface area (Å²) in [5.41, 5.74) is 1.13. The SMILES string of the molecule is O=C(NC(c1ccc(Cl)cc1)C1CC1)N1CCN(c2ncccn2)CC1. The molecule has 1 aromatic carbocycles. The molecule has 0 bridgehead atoms. The molecular weight excluding hydrogens is 350 g/mol. The van der Waals surface area contributed by atoms with Crippen molar-refractivity contribution in [3.05, 3.63) is 53.3 Å². The first-order chi connectivity index (χ1) is 12.7. The first kappa shape index (κ1) is 17.1. The number of halogens is 1. The van der Waals surface area contributed by atoms with Crippen molar-refractivity contribution in [2.75, 3.05) is 31.1 Å². The number of carbonyl (C=O) groups is 1. The molecule has 0 radical (unpaired) electrons. The Morgan fingerprint density at radius 2 is 1.73 bits per heavy atom. The van der Waals surface area contributed by atoms with Gasteiger partial charge in [0.15, 0.2) is 0 Å². The van der Waals surface area contributed by atoms with Crippen LogP contribution in [0.25, 0.3) is 0 Å². The minimum atomic E-state index is 0.00507. The van der Waals surface area contributed by atoms with E-state index < -0.39 is 0 Å². The molecule has 1 aliphatic heterocycles. The smallest absolute Gasteiger partial charge is 0.318 e. The van der Waals surface area contributed by atoms with Crippen molar-refractivity contribution in [3.8, 4) is 0 Å². The molecule has 1 N–H and O–H groups in total. The second kappa shape index (κ2) is 7.50. The van der Waals surface area contributed by atoms with Crippen molar-refractivity contribution in [2.45, 2.75) is 18.9 Å². The summed E-state index contributed by atoms with van der Waals surface area (Å²) in [6, 6.07) is 9.67. The Kier molecular flexibility index (Phi) is 4.93. The molecule has 1 atom stereocenters. The Morgan fingerprint density at radius 1 is 1.08 bits per heavy atom. The molecule has 1 saturated heterocycles. The summed E-state index contributed by atoms with van der Waals surface area (Å²) >= 11 is 5.99. The van der Waals surface area contributed by atoms with Gasteiger partial charge in [-0.15, -0.1) is 0 Å². The van der Waals surface area contributed by atoms with Gasteiger partial charge in [0, 0.05) is 43.6 Å². The fourth-order valence-corrected chi connectivity index (χ4v) is 3.49. The molecule has 2 heterocycles. The quantitative estimate of drug-likeness (QED) is 0.897. The maximum Gasteiger partial charge on any atom is 0.318 e. The van der Waals surface area contributed by atoms with E-state index in [1.54, 1.807) is 12.4 Å². The molecule has 1 unspecified atom stereocenters. The average molecular weight is 372 g/mol. The van der Waals surface area contributed by atoms with Crippen molar-refractivity contribution in [2.24, 2.45) is 5.92 Å². The molecule has 1 saturated carbocycles. The number of carbonyl (C=O) groups excluding carboxylic acids is 1. The number of benzene rings is 1. The van der Waals surface area contributed by atoms with Crippen molar-refractivity contribution in [3.63, 3.8) is 0 Å². The van der Waals surface area contributed by atoms with E-state index >= 15 is 0 Å². The van der Waals surface area contributed by atoms with Crippen LogP contribution in [0.4, 0.5) is 10.7 Å². The summed E-state index contributed by atoms with van der Waals surface area (Å²) in [7, 11) is 0. The van der Waals surface area contributed by atoms with Crippen LogP contribution in [0.2, 0.25) is 5.02 Å². The molecule has 7 heteroatoms. The van der Waals surface area contributed by atoms with Gasteiger partial charge in [-0.05, 0) is 42.5 Å². The zero-order valence-electron chi connectivity index (χ0n) is 14.5. The van der Waals surface area contributed by atoms with Crippen LogP contribution in [0.1, 0.15) is 24.4 Å². The Hall–Kier alpha value is -2.34. The lowest BCUT2D eigenvalue weighted by Gasteiger charge is -2.35. The van der Waals surface area contributed by atoms with Gasteiger partial charge in [-0.25, -0.2) is 14.8 Å². The normalized spacial score (nSPS) is 18.5. The molecule has 2 aliphatic rings. The molecule has 2 aromatic rings. The molecule has 6 nitrogen and oxygen atoms in total. The van der Waals surface area contributed by atoms with E-state index in [1.807, 2.05) is 35.2 Å². The van der Waals surface area contributed by atoms with Gasteiger partial charge in [-0.2, -0.15) is 0 Å². The number of aromatic nitrogens is 2. The van der Waals surface area contributed by atoms with Crippen LogP contribution in [-0.2, 0) is 0 Å². The van der Waals surface area contributed by atoms with Crippen molar-refractivity contribution in [1.29, 1.82) is 0 Å². The van der Waals surface area contributed by atoms with Crippen molar-refractivity contribution >= 4 is 23.6 Å². The number of nitrogens with one attached hydrogen (secondary N) is 1. The molecule has 2 fully saturated rings. The molecule has 136 valence electrons. The Balaban J connectivity index is 1.36. The van der Waals surface area contributed by atoms with E-state index in [2.05, 4.69) is 20.2 Å². The fourth-order valence-electron chi connectivity index (χ4n) is 3.36. The summed E-state index contributed by atoms with van der Waals surface area (Å²) in [5, 5.41) is 3.95. The number of rotatable bonds is 4. The summed E-state index contributed by atoms with van der Waals surface area (Å²) in [6.45, 7) is 2.82. The van der Waals surface area contributed by atoms with Gasteiger partial charge in [0.2, 0.25) is 5.95 Å². The van der Waals surface area contributed by atoms with Crippen LogP contribution >= 0.6 is 11.6 Å². The molecule has 26 heavy (non-hydrogen) atoms. The molecule has 1 aliphatic carbocycles. The van der Waals surface area contributed by atoms with Crippen LogP contribution in [0, 0.1) is 5.92 Å². The Bertz CT molecular complexity index is 742. The summed E-state index contributed by atoms with van der Waals surface area (Å²) < 4.78 is 0. The van der Waals surface area contributed by atoms with Gasteiger partial charge in [0.25, 0.3) is 0 Å². The Morgan fingerprint density at radius 3 is 2.35 bits per heavy atom. The highest BCUT2D eigenvalue weighted by Gasteiger charge is 2.34. The zero-order valence-corrected chi connectivity index (χ0v) is 15.3. The largest absolute Gasteiger partial charge is 0.337 e. The van der Waals surface area contributed by atoms with E-state index in [9.17, 15) is 4.79 Å². The first-order valence-electron chi connectivity index (χ1n) is 9.03. The minimum Gasteiger partial charge on any atom is -0.337 e. The minimum absolute atomic E-state index is 0.00507. The molecule has 1 aromatic heterocycles. The number of urea groups is 1. The van der Waals surface area contributed by atoms with E-state index in [-0.39, 0.29) is 12.1 Å². The van der Waals surface area contributed by atoms with Crippen LogP contribution in [0.5, 0.6) is 0 Å². The summed E-state index contributed by atoms with van der Waals surface area (Å²) in [4.78, 5) is 25.3. The summed E-state index contributed by atoms with van der Waals surface area (Å²) in [5.74, 6) is 1.25. The highest BCUT2D eigenvalue weighted by atomic mass is 35.5. The van der Waals surface area contributed by atoms with Crippen molar-refractivity contribution in [1.82, 2.24) is 20.2 Å². The van der Waals surface area contributed by atoms with E-state index in [4.69, 9.17) is 11.6 Å². The first-order valence-corrected chi connectivity index (χ1v) is 9.41. The van der Waals surface area contributed by atoms with Crippen LogP contribution in [0.15, 0.2) is 42.7 Å². The van der Waals surface area contributed by atoms with E-state index in [1.165, 1.54) is 0 Å². The van der Waals surface area contributed by atoms with Crippen LogP contribution < -0.4 is 10.2 Å². The van der Waals surface area contributed by atoms with Gasteiger partial charge in [0.1, 0.15) is 0 Å². The second-order valence-electron chi connectivity index (χ2n) is 6.84. The number of hydrogen-bond donors (Lipinski definition) is 1. The molecule has 0 spiro atoms. The predicted octanol–water partition coefficient (Wildman–Crippen LogP) is 3.11. The average Bonchev–Trinajstić information content (AvgIpc) is 3.53. The van der Waals surface area contributed by atoms with Gasteiger partial charge in [-0.3, -0.25) is 0 Å². The monoisotopic (exact) mass is 371 g/mol. The molecule has 4 rings (SSSR count). The van der Waals surface area contributed by atoms with Gasteiger partial charge in [0.05, 0.1) is 6.04 Å². The lowest BCUT2D eigenvalue weighted by atomic mass is 10.0. The van der Waals surface area contributed by atoms with Crippen molar-refractivity contribution < 1.29 is 4.79 Å². The maximum absolute atomic E-state index is 12.8. The van der Waals surface area contributed by atoms with Crippen LogP contribution in [-0.4, -0.2) is 47.1 Å². The second-order valence-corrected chi connectivity index (χ2v) is 7.28. The standard InChI is InChI=1S/C19H22ClN5O/c20-16-6-4-15(5-7-16)17(14-2-3-14)23-19(26)25-12-10-24(11-13-25)18-21-8-1-9-22-18/h1,4-9,14,17H,2-3,10-13H2,(H,23,26). The number of piperazine rings is 1. The lowest BCUT2D eigenvalue weighted by Crippen LogP contribution is -2.52. The fraction of sp³-hybridized carbons (Fsp3) is 0.421. The third-order valence-electron chi connectivity index (χ3n) is 5.00. The topological polar surface area (TPSA) is 61.4 Å². The van der Waals surface area contributed by atoms with E-state index in [0.29, 0.717) is 24.0 Å². The Labute approximate surface area is 158 Å². The van der Waals surface area contributed by atoms with Gasteiger partial charge in [-0.1, -0.05) is 23.7 Å². The maximum atomic E-state index is 12.8. The number of nitrogens with zero attached hydrogens (tertiary/aromatic N) is 4. The van der Waals surface area contributed by atoms with Gasteiger partial charge >= 0.3 is 6.03 Å². The van der Waals surface area contributed by atoms with Crippen LogP contribution in [0.3, 0.4) is 0 Å². The van der Waals surface area contributed by atoms with E-state index in [0.717, 1.165) is 37.4 Å². The lowest BCUT2D eigenvalue weighted by molar-refractivity contribution is 0.188. The third kappa shape index (κ3) is 3.90. The number of anilines is 1. The highest BCUT2D eigenvalue weighted by Crippen LogP contribution is 2.41. The molecular formula is C19H22ClN5O. The highest BCUT2D eigenvalue weighted by molar-refractivity contribution is 6.30. The zero-order chi connectivity index (χ0) is 17.9. The predicted molar refractivity (Wildman–Crippen MR) is 101 cm³/mol.